The van der Waals surface area contributed by atoms with Crippen LogP contribution in [0.4, 0.5) is 17.6 Å². The zero-order chi connectivity index (χ0) is 15.0. The number of halogens is 6. The number of ether oxygens (including phenoxy) is 1. The number of rotatable bonds is 4. The predicted octanol–water partition coefficient (Wildman–Crippen LogP) is 4.53. The molecule has 20 heavy (non-hydrogen) atoms. The van der Waals surface area contributed by atoms with Crippen LogP contribution in [0.5, 0.6) is 5.75 Å². The van der Waals surface area contributed by atoms with Crippen LogP contribution in [-0.4, -0.2) is 25.9 Å². The minimum Gasteiger partial charge on any atom is -0.484 e. The molecular formula is C10H6Cl2F4N2OS. The van der Waals surface area contributed by atoms with Crippen molar-refractivity contribution in [1.29, 1.82) is 0 Å². The number of nitrogens with zero attached hydrogens (tertiary/aromatic N) is 2. The molecule has 0 unspecified atom stereocenters. The fraction of sp³-hybridized carbons (Fsp3) is 0.300. The van der Waals surface area contributed by atoms with Gasteiger partial charge in [-0.05, 0) is 12.1 Å². The van der Waals surface area contributed by atoms with Crippen molar-refractivity contribution in [1.82, 2.24) is 9.19 Å². The van der Waals surface area contributed by atoms with Crippen LogP contribution in [-0.2, 0) is 0 Å². The Morgan fingerprint density at radius 2 is 1.95 bits per heavy atom. The number of alkyl halides is 6. The van der Waals surface area contributed by atoms with Crippen LogP contribution in [0.1, 0.15) is 0 Å². The first-order chi connectivity index (χ1) is 9.14. The van der Waals surface area contributed by atoms with Crippen molar-refractivity contribution in [3.63, 3.8) is 0 Å². The molecule has 3 nitrogen and oxygen atoms in total. The number of aromatic nitrogens is 2. The fourth-order valence-corrected chi connectivity index (χ4v) is 2.34. The summed E-state index contributed by atoms with van der Waals surface area (Å²) in [6.07, 6.45) is -3.04. The van der Waals surface area contributed by atoms with Crippen LogP contribution in [0.15, 0.2) is 24.4 Å². The summed E-state index contributed by atoms with van der Waals surface area (Å²) in [6.45, 7) is -1.42. The molecule has 0 fully saturated rings. The summed E-state index contributed by atoms with van der Waals surface area (Å²) in [5.74, 6) is -0.0224. The van der Waals surface area contributed by atoms with Crippen molar-refractivity contribution in [2.24, 2.45) is 0 Å². The summed E-state index contributed by atoms with van der Waals surface area (Å²) in [7, 11) is 0. The summed E-state index contributed by atoms with van der Waals surface area (Å²) >= 11 is 10.8. The van der Waals surface area contributed by atoms with E-state index in [1.165, 1.54) is 24.4 Å². The largest absolute Gasteiger partial charge is 0.484 e. The zero-order valence-corrected chi connectivity index (χ0v) is 11.8. The molecule has 110 valence electrons. The number of fused-ring (bicyclic) bond motifs is 1. The summed E-state index contributed by atoms with van der Waals surface area (Å²) in [5, 5.41) is 4.40. The van der Waals surface area contributed by atoms with Gasteiger partial charge >= 0.3 is 10.1 Å². The maximum atomic E-state index is 13.1. The third kappa shape index (κ3) is 4.32. The van der Waals surface area contributed by atoms with Crippen LogP contribution in [0.2, 0.25) is 0 Å². The monoisotopic (exact) mass is 348 g/mol. The van der Waals surface area contributed by atoms with Gasteiger partial charge in [0.1, 0.15) is 5.75 Å². The first kappa shape index (κ1) is 15.5. The second-order valence-electron chi connectivity index (χ2n) is 3.68. The van der Waals surface area contributed by atoms with Crippen molar-refractivity contribution in [3.8, 4) is 5.75 Å². The number of hydrogen-bond acceptors (Lipinski definition) is 3. The Hall–Kier alpha value is -0.860. The minimum absolute atomic E-state index is 0.0224. The Morgan fingerprint density at radius 1 is 1.25 bits per heavy atom. The van der Waals surface area contributed by atoms with E-state index < -0.39 is 16.7 Å². The van der Waals surface area contributed by atoms with Gasteiger partial charge in [-0.3, -0.25) is 0 Å². The van der Waals surface area contributed by atoms with Gasteiger partial charge in [-0.15, -0.1) is 0 Å². The second-order valence-corrected chi connectivity index (χ2v) is 6.45. The summed E-state index contributed by atoms with van der Waals surface area (Å²) in [5.41, 5.74) is 0.331. The Morgan fingerprint density at radius 3 is 2.55 bits per heavy atom. The van der Waals surface area contributed by atoms with Gasteiger partial charge in [0.05, 0.1) is 23.7 Å². The van der Waals surface area contributed by atoms with Gasteiger partial charge < -0.3 is 4.74 Å². The first-order valence-corrected chi connectivity index (χ1v) is 6.60. The maximum Gasteiger partial charge on any atom is 0.422 e. The molecule has 0 aliphatic carbocycles. The molecule has 0 saturated heterocycles. The molecule has 0 radical (unpaired) electrons. The van der Waals surface area contributed by atoms with Crippen molar-refractivity contribution in [3.05, 3.63) is 24.4 Å². The zero-order valence-electron chi connectivity index (χ0n) is 9.50. The molecule has 0 aliphatic rings. The molecule has 0 aliphatic heterocycles. The van der Waals surface area contributed by atoms with E-state index in [1.807, 2.05) is 0 Å². The summed E-state index contributed by atoms with van der Waals surface area (Å²) in [6, 6.07) is 4.14. The van der Waals surface area contributed by atoms with Gasteiger partial charge in [-0.2, -0.15) is 22.7 Å². The number of hydrogen-bond donors (Lipinski definition) is 0. The third-order valence-corrected chi connectivity index (χ3v) is 3.19. The lowest BCUT2D eigenvalue weighted by molar-refractivity contribution is -0.153. The topological polar surface area (TPSA) is 27.1 Å². The average Bonchev–Trinajstić information content (AvgIpc) is 2.66. The van der Waals surface area contributed by atoms with E-state index in [9.17, 15) is 17.6 Å². The minimum atomic E-state index is -4.44. The van der Waals surface area contributed by atoms with E-state index in [2.05, 4.69) is 9.84 Å². The van der Waals surface area contributed by atoms with Crippen molar-refractivity contribution in [2.75, 3.05) is 6.61 Å². The molecule has 0 saturated carbocycles. The summed E-state index contributed by atoms with van der Waals surface area (Å²) < 4.78 is 52.4. The Kier molecular flexibility index (Phi) is 4.27. The maximum absolute atomic E-state index is 13.1. The van der Waals surface area contributed by atoms with Gasteiger partial charge in [0.25, 0.3) is 0 Å². The van der Waals surface area contributed by atoms with Crippen molar-refractivity contribution in [2.45, 2.75) is 10.1 Å². The Bertz CT molecular complexity index is 611. The van der Waals surface area contributed by atoms with E-state index in [1.54, 1.807) is 0 Å². The van der Waals surface area contributed by atoms with Gasteiger partial charge in [-0.25, -0.2) is 4.09 Å². The molecule has 10 heteroatoms. The van der Waals surface area contributed by atoms with Crippen molar-refractivity contribution >= 4 is 46.1 Å². The molecule has 1 aromatic heterocycles. The van der Waals surface area contributed by atoms with Crippen LogP contribution in [0.3, 0.4) is 0 Å². The molecule has 0 spiro atoms. The molecule has 0 N–H and O–H groups in total. The predicted molar refractivity (Wildman–Crippen MR) is 69.8 cm³/mol. The van der Waals surface area contributed by atoms with Gasteiger partial charge in [0.2, 0.25) is 0 Å². The van der Waals surface area contributed by atoms with Crippen LogP contribution < -0.4 is 4.74 Å². The quantitative estimate of drug-likeness (QED) is 0.599. The average molecular weight is 349 g/mol. The van der Waals surface area contributed by atoms with Gasteiger partial charge in [-0.1, -0.05) is 23.2 Å². The molecule has 2 rings (SSSR count). The van der Waals surface area contributed by atoms with Crippen LogP contribution in [0, 0.1) is 0 Å². The van der Waals surface area contributed by atoms with Crippen molar-refractivity contribution < 1.29 is 22.3 Å². The fourth-order valence-electron chi connectivity index (χ4n) is 1.40. The molecule has 0 atom stereocenters. The molecule has 1 aromatic carbocycles. The highest BCUT2D eigenvalue weighted by Gasteiger charge is 2.29. The van der Waals surface area contributed by atoms with Gasteiger partial charge in [0.15, 0.2) is 6.61 Å². The Labute approximate surface area is 124 Å². The highest BCUT2D eigenvalue weighted by atomic mass is 35.5. The number of benzene rings is 1. The third-order valence-electron chi connectivity index (χ3n) is 2.10. The Balaban J connectivity index is 2.25. The highest BCUT2D eigenvalue weighted by molar-refractivity contribution is 8.01. The molecule has 0 bridgehead atoms. The standard InChI is InChI=1S/C10H6Cl2F4N2OS/c11-10(12,16)20-18-8-3-7(19-5-9(13,14)15)2-1-6(8)4-17-18/h1-4H,5H2. The van der Waals surface area contributed by atoms with E-state index in [-0.39, 0.29) is 5.75 Å². The van der Waals surface area contributed by atoms with E-state index >= 15 is 0 Å². The van der Waals surface area contributed by atoms with Gasteiger partial charge in [0, 0.05) is 11.5 Å². The molecule has 1 heterocycles. The van der Waals surface area contributed by atoms with E-state index in [0.717, 1.165) is 4.09 Å². The van der Waals surface area contributed by atoms with E-state index in [4.69, 9.17) is 23.2 Å². The van der Waals surface area contributed by atoms with Crippen LogP contribution >= 0.6 is 35.1 Å². The van der Waals surface area contributed by atoms with E-state index in [0.29, 0.717) is 22.9 Å². The normalized spacial score (nSPS) is 12.9. The SMILES string of the molecule is FC(F)(F)COc1ccc2cnn(SC(F)(Cl)Cl)c2c1. The first-order valence-electron chi connectivity index (χ1n) is 5.08. The molecular weight excluding hydrogens is 343 g/mol. The lowest BCUT2D eigenvalue weighted by Crippen LogP contribution is -2.19. The molecule has 2 aromatic rings. The highest BCUT2D eigenvalue weighted by Crippen LogP contribution is 2.38. The summed E-state index contributed by atoms with van der Waals surface area (Å²) in [4.78, 5) is 0. The smallest absolute Gasteiger partial charge is 0.422 e. The lowest BCUT2D eigenvalue weighted by Gasteiger charge is -2.11. The molecule has 0 amide bonds. The lowest BCUT2D eigenvalue weighted by atomic mass is 10.2. The van der Waals surface area contributed by atoms with Crippen LogP contribution in [0.25, 0.3) is 10.9 Å². The second kappa shape index (κ2) is 5.50.